The predicted molar refractivity (Wildman–Crippen MR) is 67.6 cm³/mol. The Morgan fingerprint density at radius 3 is 2.48 bits per heavy atom. The highest BCUT2D eigenvalue weighted by molar-refractivity contribution is 5.98. The van der Waals surface area contributed by atoms with Gasteiger partial charge in [0, 0.05) is 0 Å². The highest BCUT2D eigenvalue weighted by Crippen LogP contribution is 2.24. The molecule has 0 aliphatic carbocycles. The van der Waals surface area contributed by atoms with Gasteiger partial charge in [0.25, 0.3) is 0 Å². The Morgan fingerprint density at radius 1 is 1.29 bits per heavy atom. The average molecular weight is 304 g/mol. The first kappa shape index (κ1) is 17.0. The smallest absolute Gasteiger partial charge is 0.465 e. The lowest BCUT2D eigenvalue weighted by Gasteiger charge is -2.14. The van der Waals surface area contributed by atoms with Gasteiger partial charge in [-0.2, -0.15) is 0 Å². The highest BCUT2D eigenvalue weighted by atomic mass is 19.4. The molecule has 0 saturated heterocycles. The quantitative estimate of drug-likeness (QED) is 0.599. The number of carbonyl (C=O) groups excluding carboxylic acids is 2. The fourth-order valence-electron chi connectivity index (χ4n) is 1.74. The zero-order chi connectivity index (χ0) is 16.0. The number of hydrogen-bond acceptors (Lipinski definition) is 4. The van der Waals surface area contributed by atoms with Gasteiger partial charge in [-0.1, -0.05) is 12.1 Å². The van der Waals surface area contributed by atoms with Crippen molar-refractivity contribution >= 4 is 11.8 Å². The van der Waals surface area contributed by atoms with Crippen molar-refractivity contribution in [1.82, 2.24) is 0 Å². The Morgan fingerprint density at radius 2 is 1.95 bits per heavy atom. The molecule has 21 heavy (non-hydrogen) atoms. The molecule has 0 N–H and O–H groups in total. The van der Waals surface area contributed by atoms with Crippen LogP contribution in [0.5, 0.6) is 5.75 Å². The molecule has 0 aliphatic rings. The van der Waals surface area contributed by atoms with Crippen molar-refractivity contribution in [3.05, 3.63) is 29.8 Å². The number of ketones is 1. The first-order valence-electron chi connectivity index (χ1n) is 6.24. The van der Waals surface area contributed by atoms with Crippen LogP contribution in [0, 0.1) is 5.92 Å². The van der Waals surface area contributed by atoms with Gasteiger partial charge in [-0.05, 0) is 38.0 Å². The van der Waals surface area contributed by atoms with E-state index in [1.165, 1.54) is 19.1 Å². The molecular formula is C14H15F3O4. The van der Waals surface area contributed by atoms with Crippen molar-refractivity contribution in [2.45, 2.75) is 26.6 Å². The van der Waals surface area contributed by atoms with Crippen LogP contribution in [0.4, 0.5) is 13.2 Å². The minimum absolute atomic E-state index is 0.0385. The van der Waals surface area contributed by atoms with Gasteiger partial charge in [0.2, 0.25) is 0 Å². The SMILES string of the molecule is CCOC(=O)C(Cc1cccc(OC(F)(F)F)c1)C(C)=O. The molecule has 0 radical (unpaired) electrons. The van der Waals surface area contributed by atoms with E-state index in [9.17, 15) is 22.8 Å². The van der Waals surface area contributed by atoms with Crippen LogP contribution >= 0.6 is 0 Å². The summed E-state index contributed by atoms with van der Waals surface area (Å²) in [4.78, 5) is 23.1. The third-order valence-corrected chi connectivity index (χ3v) is 2.63. The fourth-order valence-corrected chi connectivity index (χ4v) is 1.74. The van der Waals surface area contributed by atoms with E-state index in [0.29, 0.717) is 5.56 Å². The van der Waals surface area contributed by atoms with Crippen LogP contribution in [0.2, 0.25) is 0 Å². The van der Waals surface area contributed by atoms with E-state index < -0.39 is 29.8 Å². The summed E-state index contributed by atoms with van der Waals surface area (Å²) in [7, 11) is 0. The van der Waals surface area contributed by atoms with Gasteiger partial charge < -0.3 is 9.47 Å². The number of ether oxygens (including phenoxy) is 2. The van der Waals surface area contributed by atoms with Crippen LogP contribution in [-0.2, 0) is 20.7 Å². The molecule has 1 aromatic carbocycles. The summed E-state index contributed by atoms with van der Waals surface area (Å²) < 4.78 is 45.0. The maximum atomic E-state index is 12.1. The van der Waals surface area contributed by atoms with Gasteiger partial charge in [0.05, 0.1) is 6.61 Å². The van der Waals surface area contributed by atoms with E-state index in [4.69, 9.17) is 4.74 Å². The number of hydrogen-bond donors (Lipinski definition) is 0. The van der Waals surface area contributed by atoms with Crippen LogP contribution < -0.4 is 4.74 Å². The first-order valence-corrected chi connectivity index (χ1v) is 6.24. The summed E-state index contributed by atoms with van der Waals surface area (Å²) in [5, 5.41) is 0. The lowest BCUT2D eigenvalue weighted by Crippen LogP contribution is -2.26. The predicted octanol–water partition coefficient (Wildman–Crippen LogP) is 2.90. The fraction of sp³-hybridized carbons (Fsp3) is 0.429. The summed E-state index contributed by atoms with van der Waals surface area (Å²) >= 11 is 0. The number of esters is 1. The molecular weight excluding hydrogens is 289 g/mol. The normalized spacial score (nSPS) is 12.6. The number of halogens is 3. The van der Waals surface area contributed by atoms with Gasteiger partial charge in [-0.3, -0.25) is 9.59 Å². The van der Waals surface area contributed by atoms with E-state index in [1.54, 1.807) is 6.92 Å². The van der Waals surface area contributed by atoms with Crippen molar-refractivity contribution in [2.24, 2.45) is 5.92 Å². The zero-order valence-electron chi connectivity index (χ0n) is 11.6. The Labute approximate surface area is 119 Å². The molecule has 0 aromatic heterocycles. The van der Waals surface area contributed by atoms with E-state index in [-0.39, 0.29) is 13.0 Å². The van der Waals surface area contributed by atoms with Crippen LogP contribution in [-0.4, -0.2) is 24.7 Å². The summed E-state index contributed by atoms with van der Waals surface area (Å²) in [6.45, 7) is 2.96. The molecule has 4 nitrogen and oxygen atoms in total. The standard InChI is InChI=1S/C14H15F3O4/c1-3-20-13(19)12(9(2)18)8-10-5-4-6-11(7-10)21-14(15,16)17/h4-7,12H,3,8H2,1-2H3. The molecule has 1 rings (SSSR count). The summed E-state index contributed by atoms with van der Waals surface area (Å²) in [6, 6.07) is 5.16. The van der Waals surface area contributed by atoms with Gasteiger partial charge in [-0.25, -0.2) is 0 Å². The van der Waals surface area contributed by atoms with E-state index in [2.05, 4.69) is 4.74 Å². The second-order valence-corrected chi connectivity index (χ2v) is 4.31. The Bertz CT molecular complexity index is 511. The monoisotopic (exact) mass is 304 g/mol. The maximum absolute atomic E-state index is 12.1. The van der Waals surface area contributed by atoms with Crippen LogP contribution in [0.1, 0.15) is 19.4 Å². The van der Waals surface area contributed by atoms with Crippen molar-refractivity contribution < 1.29 is 32.2 Å². The zero-order valence-corrected chi connectivity index (χ0v) is 11.6. The molecule has 1 unspecified atom stereocenters. The van der Waals surface area contributed by atoms with Crippen LogP contribution in [0.25, 0.3) is 0 Å². The van der Waals surface area contributed by atoms with Crippen LogP contribution in [0.15, 0.2) is 24.3 Å². The minimum Gasteiger partial charge on any atom is -0.465 e. The molecule has 0 spiro atoms. The third kappa shape index (κ3) is 5.85. The molecule has 116 valence electrons. The topological polar surface area (TPSA) is 52.6 Å². The van der Waals surface area contributed by atoms with Gasteiger partial charge in [-0.15, -0.1) is 13.2 Å². The summed E-state index contributed by atoms with van der Waals surface area (Å²) in [5.41, 5.74) is 0.380. The minimum atomic E-state index is -4.79. The van der Waals surface area contributed by atoms with Crippen molar-refractivity contribution in [3.63, 3.8) is 0 Å². The van der Waals surface area contributed by atoms with Gasteiger partial charge in [0.15, 0.2) is 0 Å². The summed E-state index contributed by atoms with van der Waals surface area (Å²) in [6.07, 6.45) is -4.83. The molecule has 0 amide bonds. The summed E-state index contributed by atoms with van der Waals surface area (Å²) in [5.74, 6) is -2.53. The Balaban J connectivity index is 2.87. The van der Waals surface area contributed by atoms with Crippen molar-refractivity contribution in [2.75, 3.05) is 6.61 Å². The highest BCUT2D eigenvalue weighted by Gasteiger charge is 2.31. The third-order valence-electron chi connectivity index (χ3n) is 2.63. The van der Waals surface area contributed by atoms with Crippen molar-refractivity contribution in [3.8, 4) is 5.75 Å². The lowest BCUT2D eigenvalue weighted by atomic mass is 9.96. The molecule has 0 heterocycles. The molecule has 7 heteroatoms. The van der Waals surface area contributed by atoms with Gasteiger partial charge >= 0.3 is 12.3 Å². The molecule has 0 aliphatic heterocycles. The van der Waals surface area contributed by atoms with E-state index >= 15 is 0 Å². The van der Waals surface area contributed by atoms with E-state index in [0.717, 1.165) is 12.1 Å². The first-order chi connectivity index (χ1) is 9.73. The van der Waals surface area contributed by atoms with Gasteiger partial charge in [0.1, 0.15) is 17.5 Å². The Hall–Kier alpha value is -2.05. The van der Waals surface area contributed by atoms with Crippen LogP contribution in [0.3, 0.4) is 0 Å². The van der Waals surface area contributed by atoms with Crippen molar-refractivity contribution in [1.29, 1.82) is 0 Å². The number of benzene rings is 1. The second kappa shape index (κ2) is 7.10. The Kier molecular flexibility index (Phi) is 5.75. The molecule has 0 saturated carbocycles. The number of alkyl halides is 3. The number of carbonyl (C=O) groups is 2. The molecule has 0 fully saturated rings. The lowest BCUT2D eigenvalue weighted by molar-refractivity contribution is -0.274. The molecule has 1 aromatic rings. The second-order valence-electron chi connectivity index (χ2n) is 4.31. The van der Waals surface area contributed by atoms with E-state index in [1.807, 2.05) is 0 Å². The number of Topliss-reactive ketones (excluding diaryl/α,β-unsaturated/α-hetero) is 1. The molecule has 1 atom stereocenters. The molecule has 0 bridgehead atoms. The number of rotatable bonds is 6. The largest absolute Gasteiger partial charge is 0.573 e. The average Bonchev–Trinajstić information content (AvgIpc) is 2.34. The maximum Gasteiger partial charge on any atom is 0.573 e.